The number of carbonyl (C=O) groups excluding carboxylic acids is 3. The van der Waals surface area contributed by atoms with Crippen LogP contribution >= 0.6 is 11.3 Å². The number of carbonyl (C=O) groups is 3. The van der Waals surface area contributed by atoms with E-state index in [4.69, 9.17) is 0 Å². The van der Waals surface area contributed by atoms with Crippen LogP contribution in [0.2, 0.25) is 0 Å². The Morgan fingerprint density at radius 2 is 1.62 bits per heavy atom. The number of amides is 3. The highest BCUT2D eigenvalue weighted by atomic mass is 32.1. The Morgan fingerprint density at radius 1 is 0.931 bits per heavy atom. The fourth-order valence-electron chi connectivity index (χ4n) is 4.21. The number of hydrogen-bond acceptors (Lipinski definition) is 4. The standard InChI is InChI=1S/C23H18N2O3S/c26-21-17-8-3-4-9-18(17)22(27)25(21)14-19-16-7-2-1-6-15(16)11-12-24(19)23(28)20-10-5-13-29-20/h1-10,13,19H,11-12,14H2/t19-/m0/s1. The lowest BCUT2D eigenvalue weighted by Gasteiger charge is -2.38. The molecule has 0 aliphatic carbocycles. The van der Waals surface area contributed by atoms with Gasteiger partial charge in [0, 0.05) is 6.54 Å². The largest absolute Gasteiger partial charge is 0.329 e. The Hall–Kier alpha value is -3.25. The van der Waals surface area contributed by atoms with E-state index in [1.54, 1.807) is 29.2 Å². The number of fused-ring (bicyclic) bond motifs is 2. The number of imide groups is 1. The van der Waals surface area contributed by atoms with Crippen LogP contribution in [0.1, 0.15) is 47.6 Å². The third-order valence-corrected chi connectivity index (χ3v) is 6.50. The average molecular weight is 402 g/mol. The quantitative estimate of drug-likeness (QED) is 0.627. The second-order valence-electron chi connectivity index (χ2n) is 7.21. The number of hydrogen-bond donors (Lipinski definition) is 0. The summed E-state index contributed by atoms with van der Waals surface area (Å²) in [5, 5.41) is 1.88. The second-order valence-corrected chi connectivity index (χ2v) is 8.15. The third kappa shape index (κ3) is 2.87. The Balaban J connectivity index is 1.52. The van der Waals surface area contributed by atoms with E-state index in [0.29, 0.717) is 22.5 Å². The summed E-state index contributed by atoms with van der Waals surface area (Å²) in [6.07, 6.45) is 0.756. The summed E-state index contributed by atoms with van der Waals surface area (Å²) in [5.74, 6) is -0.648. The smallest absolute Gasteiger partial charge is 0.264 e. The van der Waals surface area contributed by atoms with Gasteiger partial charge in [0.25, 0.3) is 17.7 Å². The lowest BCUT2D eigenvalue weighted by atomic mass is 9.92. The molecule has 5 nitrogen and oxygen atoms in total. The van der Waals surface area contributed by atoms with Crippen LogP contribution < -0.4 is 0 Å². The summed E-state index contributed by atoms with van der Waals surface area (Å²) < 4.78 is 0. The van der Waals surface area contributed by atoms with Crippen LogP contribution in [0.25, 0.3) is 0 Å². The first kappa shape index (κ1) is 17.8. The molecule has 2 aromatic carbocycles. The molecule has 0 saturated heterocycles. The number of nitrogens with zero attached hydrogens (tertiary/aromatic N) is 2. The van der Waals surface area contributed by atoms with Gasteiger partial charge in [0.05, 0.1) is 28.6 Å². The normalized spacial score (nSPS) is 18.0. The van der Waals surface area contributed by atoms with Crippen LogP contribution in [0.5, 0.6) is 0 Å². The highest BCUT2D eigenvalue weighted by molar-refractivity contribution is 7.12. The summed E-state index contributed by atoms with van der Waals surface area (Å²) in [6, 6.07) is 18.1. The van der Waals surface area contributed by atoms with E-state index in [1.807, 2.05) is 35.7 Å². The van der Waals surface area contributed by atoms with Crippen molar-refractivity contribution in [2.45, 2.75) is 12.5 Å². The molecule has 0 unspecified atom stereocenters. The molecule has 1 aromatic heterocycles. The molecule has 0 spiro atoms. The molecule has 0 N–H and O–H groups in total. The Labute approximate surface area is 172 Å². The minimum absolute atomic E-state index is 0.0592. The molecular formula is C23H18N2O3S. The SMILES string of the molecule is O=C1c2ccccc2C(=O)N1C[C@H]1c2ccccc2CCN1C(=O)c1cccs1. The van der Waals surface area contributed by atoms with Crippen molar-refractivity contribution in [1.82, 2.24) is 9.80 Å². The molecule has 2 aliphatic heterocycles. The van der Waals surface area contributed by atoms with Gasteiger partial charge < -0.3 is 4.90 Å². The molecule has 0 bridgehead atoms. The van der Waals surface area contributed by atoms with Crippen LogP contribution in [-0.4, -0.2) is 40.6 Å². The fraction of sp³-hybridized carbons (Fsp3) is 0.174. The molecular weight excluding hydrogens is 384 g/mol. The maximum Gasteiger partial charge on any atom is 0.264 e. The minimum atomic E-state index is -0.364. The maximum absolute atomic E-state index is 13.2. The molecule has 29 heavy (non-hydrogen) atoms. The van der Waals surface area contributed by atoms with E-state index in [1.165, 1.54) is 16.2 Å². The first-order chi connectivity index (χ1) is 14.1. The van der Waals surface area contributed by atoms with Crippen molar-refractivity contribution in [3.05, 3.63) is 93.2 Å². The monoisotopic (exact) mass is 402 g/mol. The number of rotatable bonds is 3. The van der Waals surface area contributed by atoms with E-state index in [-0.39, 0.29) is 30.3 Å². The van der Waals surface area contributed by atoms with Crippen LogP contribution in [0, 0.1) is 0 Å². The van der Waals surface area contributed by atoms with Gasteiger partial charge >= 0.3 is 0 Å². The van der Waals surface area contributed by atoms with Gasteiger partial charge in [-0.05, 0) is 41.1 Å². The highest BCUT2D eigenvalue weighted by Crippen LogP contribution is 2.34. The zero-order valence-corrected chi connectivity index (χ0v) is 16.4. The fourth-order valence-corrected chi connectivity index (χ4v) is 4.89. The molecule has 2 aliphatic rings. The molecule has 0 radical (unpaired) electrons. The minimum Gasteiger partial charge on any atom is -0.329 e. The van der Waals surface area contributed by atoms with Gasteiger partial charge in [0.1, 0.15) is 0 Å². The maximum atomic E-state index is 13.2. The number of thiophene rings is 1. The Kier molecular flexibility index (Phi) is 4.28. The topological polar surface area (TPSA) is 57.7 Å². The van der Waals surface area contributed by atoms with Crippen LogP contribution in [0.3, 0.4) is 0 Å². The van der Waals surface area contributed by atoms with Crippen molar-refractivity contribution in [3.63, 3.8) is 0 Å². The van der Waals surface area contributed by atoms with Crippen LogP contribution in [0.4, 0.5) is 0 Å². The molecule has 0 fully saturated rings. The first-order valence-corrected chi connectivity index (χ1v) is 10.4. The molecule has 3 amide bonds. The van der Waals surface area contributed by atoms with Gasteiger partial charge in [-0.1, -0.05) is 42.5 Å². The van der Waals surface area contributed by atoms with E-state index in [2.05, 4.69) is 6.07 Å². The zero-order chi connectivity index (χ0) is 20.0. The van der Waals surface area contributed by atoms with Crippen molar-refractivity contribution < 1.29 is 14.4 Å². The molecule has 144 valence electrons. The van der Waals surface area contributed by atoms with Gasteiger partial charge in [0.2, 0.25) is 0 Å². The molecule has 5 rings (SSSR count). The summed E-state index contributed by atoms with van der Waals surface area (Å²) in [4.78, 5) is 42.7. The third-order valence-electron chi connectivity index (χ3n) is 5.64. The van der Waals surface area contributed by atoms with Gasteiger partial charge in [-0.15, -0.1) is 11.3 Å². The van der Waals surface area contributed by atoms with Crippen molar-refractivity contribution in [1.29, 1.82) is 0 Å². The molecule has 3 heterocycles. The van der Waals surface area contributed by atoms with E-state index in [9.17, 15) is 14.4 Å². The van der Waals surface area contributed by atoms with Gasteiger partial charge in [-0.25, -0.2) is 0 Å². The van der Waals surface area contributed by atoms with E-state index in [0.717, 1.165) is 17.5 Å². The highest BCUT2D eigenvalue weighted by Gasteiger charge is 2.40. The zero-order valence-electron chi connectivity index (χ0n) is 15.6. The summed E-state index contributed by atoms with van der Waals surface area (Å²) in [7, 11) is 0. The van der Waals surface area contributed by atoms with Crippen molar-refractivity contribution in [2.24, 2.45) is 0 Å². The van der Waals surface area contributed by atoms with Gasteiger partial charge in [0.15, 0.2) is 0 Å². The Morgan fingerprint density at radius 3 is 2.31 bits per heavy atom. The summed E-state index contributed by atoms with van der Waals surface area (Å²) >= 11 is 1.40. The van der Waals surface area contributed by atoms with Crippen molar-refractivity contribution >= 4 is 29.1 Å². The molecule has 1 atom stereocenters. The first-order valence-electron chi connectivity index (χ1n) is 9.52. The summed E-state index contributed by atoms with van der Waals surface area (Å²) in [6.45, 7) is 0.710. The van der Waals surface area contributed by atoms with Crippen LogP contribution in [0.15, 0.2) is 66.0 Å². The average Bonchev–Trinajstić information content (AvgIpc) is 3.37. The molecule has 6 heteroatoms. The summed E-state index contributed by atoms with van der Waals surface area (Å²) in [5.41, 5.74) is 3.01. The number of benzene rings is 2. The predicted molar refractivity (Wildman–Crippen MR) is 110 cm³/mol. The van der Waals surface area contributed by atoms with Crippen LogP contribution in [-0.2, 0) is 6.42 Å². The molecule has 0 saturated carbocycles. The lowest BCUT2D eigenvalue weighted by molar-refractivity contribution is 0.0505. The molecule has 3 aromatic rings. The van der Waals surface area contributed by atoms with E-state index >= 15 is 0 Å². The Bertz CT molecular complexity index is 1090. The van der Waals surface area contributed by atoms with Crippen molar-refractivity contribution in [2.75, 3.05) is 13.1 Å². The lowest BCUT2D eigenvalue weighted by Crippen LogP contribution is -2.46. The van der Waals surface area contributed by atoms with Gasteiger partial charge in [-0.3, -0.25) is 19.3 Å². The van der Waals surface area contributed by atoms with E-state index < -0.39 is 0 Å². The van der Waals surface area contributed by atoms with Crippen molar-refractivity contribution in [3.8, 4) is 0 Å². The van der Waals surface area contributed by atoms with Gasteiger partial charge in [-0.2, -0.15) is 0 Å². The second kappa shape index (κ2) is 6.97. The predicted octanol–water partition coefficient (Wildman–Crippen LogP) is 3.78.